The molecule has 1 fully saturated rings. The highest BCUT2D eigenvalue weighted by molar-refractivity contribution is 7.92. The summed E-state index contributed by atoms with van der Waals surface area (Å²) < 4.78 is 40.4. The highest BCUT2D eigenvalue weighted by atomic mass is 32.2. The molecule has 5 rings (SSSR count). The van der Waals surface area contributed by atoms with Crippen LogP contribution in [0.15, 0.2) is 95.9 Å². The first-order chi connectivity index (χ1) is 21.8. The molecule has 0 unspecified atom stereocenters. The Labute approximate surface area is 263 Å². The molecule has 0 spiro atoms. The van der Waals surface area contributed by atoms with E-state index < -0.39 is 10.0 Å². The van der Waals surface area contributed by atoms with Gasteiger partial charge in [-0.3, -0.25) is 14.3 Å². The molecule has 10 nitrogen and oxygen atoms in total. The number of methoxy groups -OCH3 is 2. The van der Waals surface area contributed by atoms with Gasteiger partial charge in [-0.15, -0.1) is 0 Å². The van der Waals surface area contributed by atoms with E-state index in [0.29, 0.717) is 46.9 Å². The highest BCUT2D eigenvalue weighted by Gasteiger charge is 2.23. The fourth-order valence-electron chi connectivity index (χ4n) is 5.15. The Morgan fingerprint density at radius 2 is 1.47 bits per heavy atom. The van der Waals surface area contributed by atoms with E-state index in [-0.39, 0.29) is 22.5 Å². The summed E-state index contributed by atoms with van der Waals surface area (Å²) in [5, 5.41) is 6.04. The molecule has 3 N–H and O–H groups in total. The minimum absolute atomic E-state index is 0.0230. The predicted octanol–water partition coefficient (Wildman–Crippen LogP) is 5.25. The van der Waals surface area contributed by atoms with Gasteiger partial charge in [0.05, 0.1) is 19.9 Å². The summed E-state index contributed by atoms with van der Waals surface area (Å²) in [5.41, 5.74) is 3.45. The van der Waals surface area contributed by atoms with E-state index in [9.17, 15) is 18.0 Å². The van der Waals surface area contributed by atoms with E-state index in [2.05, 4.69) is 15.4 Å². The normalized spacial score (nSPS) is 12.8. The van der Waals surface area contributed by atoms with Crippen LogP contribution < -0.4 is 24.8 Å². The lowest BCUT2D eigenvalue weighted by atomic mass is 10.0. The number of carbonyl (C=O) groups excluding carboxylic acids is 2. The predicted molar refractivity (Wildman–Crippen MR) is 175 cm³/mol. The molecule has 4 aromatic rings. The van der Waals surface area contributed by atoms with Gasteiger partial charge in [0.1, 0.15) is 16.4 Å². The molecule has 1 saturated heterocycles. The third kappa shape index (κ3) is 7.74. The zero-order chi connectivity index (χ0) is 31.8. The maximum atomic E-state index is 13.6. The number of sulfonamides is 1. The molecule has 234 valence electrons. The van der Waals surface area contributed by atoms with Crippen molar-refractivity contribution in [3.63, 3.8) is 0 Å². The molecule has 1 heterocycles. The van der Waals surface area contributed by atoms with Crippen LogP contribution in [0.1, 0.15) is 33.6 Å². The van der Waals surface area contributed by atoms with Gasteiger partial charge in [-0.05, 0) is 84.6 Å². The Morgan fingerprint density at radius 3 is 2.24 bits per heavy atom. The zero-order valence-corrected chi connectivity index (χ0v) is 26.0. The molecule has 45 heavy (non-hydrogen) atoms. The maximum Gasteiger partial charge on any atom is 0.265 e. The first-order valence-corrected chi connectivity index (χ1v) is 16.1. The number of anilines is 2. The topological polar surface area (TPSA) is 126 Å². The molecular weight excluding hydrogens is 592 g/mol. The standard InChI is InChI=1S/C34H36N4O6S/c1-43-30-13-6-9-26(21-30)33(39)36-17-16-35-28-11-7-12-29(23-28)37-45(41,42)32-22-25(14-15-31(32)44-2)24-8-5-10-27(20-24)34(40)38-18-3-4-19-38/h5-15,20-23,35,37H,3-4,16-19H2,1-2H3,(H,36,39). The third-order valence-corrected chi connectivity index (χ3v) is 8.88. The molecule has 1 aliphatic heterocycles. The lowest BCUT2D eigenvalue weighted by Crippen LogP contribution is -2.28. The van der Waals surface area contributed by atoms with Gasteiger partial charge in [-0.25, -0.2) is 8.42 Å². The number of carbonyl (C=O) groups is 2. The lowest BCUT2D eigenvalue weighted by molar-refractivity contribution is 0.0792. The quantitative estimate of drug-likeness (QED) is 0.183. The van der Waals surface area contributed by atoms with Crippen molar-refractivity contribution in [2.75, 3.05) is 50.4 Å². The molecule has 4 aromatic carbocycles. The summed E-state index contributed by atoms with van der Waals surface area (Å²) in [5.74, 6) is 0.544. The number of nitrogens with zero attached hydrogens (tertiary/aromatic N) is 1. The maximum absolute atomic E-state index is 13.6. The second-order valence-electron chi connectivity index (χ2n) is 10.5. The van der Waals surface area contributed by atoms with Crippen molar-refractivity contribution < 1.29 is 27.5 Å². The van der Waals surface area contributed by atoms with Gasteiger partial charge >= 0.3 is 0 Å². The third-order valence-electron chi connectivity index (χ3n) is 7.48. The van der Waals surface area contributed by atoms with Crippen LogP contribution in [0.5, 0.6) is 11.5 Å². The highest BCUT2D eigenvalue weighted by Crippen LogP contribution is 2.32. The van der Waals surface area contributed by atoms with E-state index in [4.69, 9.17) is 9.47 Å². The van der Waals surface area contributed by atoms with Crippen LogP contribution in [0.25, 0.3) is 11.1 Å². The van der Waals surface area contributed by atoms with Crippen LogP contribution in [0.2, 0.25) is 0 Å². The number of nitrogens with one attached hydrogen (secondary N) is 3. The van der Waals surface area contributed by atoms with E-state index in [1.165, 1.54) is 7.11 Å². The average molecular weight is 629 g/mol. The monoisotopic (exact) mass is 628 g/mol. The Morgan fingerprint density at radius 1 is 0.756 bits per heavy atom. The second-order valence-corrected chi connectivity index (χ2v) is 12.2. The Kier molecular flexibility index (Phi) is 9.89. The van der Waals surface area contributed by atoms with Gasteiger partial charge in [0.2, 0.25) is 0 Å². The van der Waals surface area contributed by atoms with Gasteiger partial charge in [0.25, 0.3) is 21.8 Å². The molecular formula is C34H36N4O6S. The van der Waals surface area contributed by atoms with Crippen LogP contribution in [0.3, 0.4) is 0 Å². The van der Waals surface area contributed by atoms with Crippen LogP contribution in [-0.4, -0.2) is 65.5 Å². The Balaban J connectivity index is 1.26. The van der Waals surface area contributed by atoms with Crippen LogP contribution >= 0.6 is 0 Å². The van der Waals surface area contributed by atoms with Gasteiger partial charge < -0.3 is 25.0 Å². The first-order valence-electron chi connectivity index (χ1n) is 14.6. The minimum Gasteiger partial charge on any atom is -0.497 e. The Bertz CT molecular complexity index is 1790. The number of ether oxygens (including phenoxy) is 2. The average Bonchev–Trinajstić information content (AvgIpc) is 3.61. The molecule has 0 bridgehead atoms. The van der Waals surface area contributed by atoms with Crippen molar-refractivity contribution in [2.45, 2.75) is 17.7 Å². The minimum atomic E-state index is -4.06. The number of rotatable bonds is 12. The number of hydrogen-bond acceptors (Lipinski definition) is 7. The number of likely N-dealkylation sites (tertiary alicyclic amines) is 1. The van der Waals surface area contributed by atoms with Crippen molar-refractivity contribution in [3.05, 3.63) is 102 Å². The molecule has 1 aliphatic rings. The summed E-state index contributed by atoms with van der Waals surface area (Å²) in [6.07, 6.45) is 2.00. The molecule has 0 aromatic heterocycles. The van der Waals surface area contributed by atoms with Crippen molar-refractivity contribution in [1.82, 2.24) is 10.2 Å². The molecule has 0 aliphatic carbocycles. The SMILES string of the molecule is COc1cccc(C(=O)NCCNc2cccc(NS(=O)(=O)c3cc(-c4cccc(C(=O)N5CCCC5)c4)ccc3OC)c2)c1. The van der Waals surface area contributed by atoms with E-state index >= 15 is 0 Å². The summed E-state index contributed by atoms with van der Waals surface area (Å²) in [6.45, 7) is 2.26. The number of amides is 2. The largest absolute Gasteiger partial charge is 0.497 e. The van der Waals surface area contributed by atoms with Crippen molar-refractivity contribution in [1.29, 1.82) is 0 Å². The van der Waals surface area contributed by atoms with Crippen molar-refractivity contribution >= 4 is 33.2 Å². The zero-order valence-electron chi connectivity index (χ0n) is 25.2. The van der Waals surface area contributed by atoms with Crippen LogP contribution in [0.4, 0.5) is 11.4 Å². The van der Waals surface area contributed by atoms with Crippen molar-refractivity contribution in [2.24, 2.45) is 0 Å². The number of benzene rings is 4. The molecule has 0 radical (unpaired) electrons. The fraction of sp³-hybridized carbons (Fsp3) is 0.235. The van der Waals surface area contributed by atoms with Crippen LogP contribution in [0, 0.1) is 0 Å². The smallest absolute Gasteiger partial charge is 0.265 e. The van der Waals surface area contributed by atoms with E-state index in [1.807, 2.05) is 11.0 Å². The second kappa shape index (κ2) is 14.2. The molecule has 0 saturated carbocycles. The van der Waals surface area contributed by atoms with E-state index in [1.54, 1.807) is 92.0 Å². The molecule has 11 heteroatoms. The summed E-state index contributed by atoms with van der Waals surface area (Å²) >= 11 is 0. The van der Waals surface area contributed by atoms with Gasteiger partial charge in [-0.2, -0.15) is 0 Å². The Hall–Kier alpha value is -5.03. The fourth-order valence-corrected chi connectivity index (χ4v) is 6.40. The van der Waals surface area contributed by atoms with Gasteiger partial charge in [0, 0.05) is 43.0 Å². The first kappa shape index (κ1) is 31.4. The van der Waals surface area contributed by atoms with Crippen molar-refractivity contribution in [3.8, 4) is 22.6 Å². The molecule has 2 amide bonds. The number of hydrogen-bond donors (Lipinski definition) is 3. The lowest BCUT2D eigenvalue weighted by Gasteiger charge is -2.16. The molecule has 0 atom stereocenters. The van der Waals surface area contributed by atoms with Gasteiger partial charge in [0.15, 0.2) is 0 Å². The van der Waals surface area contributed by atoms with Crippen LogP contribution in [-0.2, 0) is 10.0 Å². The summed E-state index contributed by atoms with van der Waals surface area (Å²) in [4.78, 5) is 27.2. The van der Waals surface area contributed by atoms with Gasteiger partial charge in [-0.1, -0.05) is 30.3 Å². The summed E-state index contributed by atoms with van der Waals surface area (Å²) in [7, 11) is -1.10. The van der Waals surface area contributed by atoms with E-state index in [0.717, 1.165) is 31.5 Å². The summed E-state index contributed by atoms with van der Waals surface area (Å²) in [6, 6.07) is 25.9.